The van der Waals surface area contributed by atoms with Crippen molar-refractivity contribution in [2.24, 2.45) is 5.41 Å². The van der Waals surface area contributed by atoms with Crippen LogP contribution >= 0.6 is 0 Å². The van der Waals surface area contributed by atoms with Crippen LogP contribution in [0.15, 0.2) is 0 Å². The molecule has 5 heteroatoms. The first-order chi connectivity index (χ1) is 8.03. The normalized spacial score (nSPS) is 28.1. The van der Waals surface area contributed by atoms with Crippen LogP contribution in [0.2, 0.25) is 0 Å². The molecule has 0 bridgehead atoms. The first-order valence-corrected chi connectivity index (χ1v) is 6.17. The fraction of sp³-hybridized carbons (Fsp3) is 0.833. The maximum Gasteiger partial charge on any atom is 0.309 e. The van der Waals surface area contributed by atoms with Gasteiger partial charge in [0.25, 0.3) is 5.91 Å². The quantitative estimate of drug-likeness (QED) is 0.779. The van der Waals surface area contributed by atoms with Crippen molar-refractivity contribution in [3.63, 3.8) is 0 Å². The van der Waals surface area contributed by atoms with Gasteiger partial charge in [0.15, 0.2) is 0 Å². The van der Waals surface area contributed by atoms with E-state index in [9.17, 15) is 9.59 Å². The molecule has 1 atom stereocenters. The highest BCUT2D eigenvalue weighted by Crippen LogP contribution is 2.31. The molecule has 0 spiro atoms. The van der Waals surface area contributed by atoms with Gasteiger partial charge >= 0.3 is 5.97 Å². The number of rotatable bonds is 2. The molecule has 0 aromatic heterocycles. The van der Waals surface area contributed by atoms with Gasteiger partial charge in [-0.1, -0.05) is 0 Å². The number of carbonyl (C=O) groups excluding carboxylic acids is 1. The van der Waals surface area contributed by atoms with Gasteiger partial charge in [-0.2, -0.15) is 0 Å². The van der Waals surface area contributed by atoms with Crippen molar-refractivity contribution < 1.29 is 19.4 Å². The van der Waals surface area contributed by atoms with Crippen molar-refractivity contribution in [1.82, 2.24) is 4.90 Å². The van der Waals surface area contributed by atoms with Gasteiger partial charge in [0.05, 0.1) is 5.41 Å². The summed E-state index contributed by atoms with van der Waals surface area (Å²) in [6.07, 6.45) is 2.51. The summed E-state index contributed by atoms with van der Waals surface area (Å²) < 4.78 is 5.36. The molecule has 2 saturated heterocycles. The van der Waals surface area contributed by atoms with E-state index in [0.717, 1.165) is 12.8 Å². The summed E-state index contributed by atoms with van der Waals surface area (Å²) in [6.45, 7) is 3.48. The lowest BCUT2D eigenvalue weighted by molar-refractivity contribution is -0.155. The predicted molar refractivity (Wildman–Crippen MR) is 60.5 cm³/mol. The highest BCUT2D eigenvalue weighted by Gasteiger charge is 2.39. The summed E-state index contributed by atoms with van der Waals surface area (Å²) >= 11 is 0. The molecule has 2 heterocycles. The van der Waals surface area contributed by atoms with Gasteiger partial charge in [-0.15, -0.1) is 0 Å². The second-order valence-corrected chi connectivity index (χ2v) is 5.19. The molecule has 17 heavy (non-hydrogen) atoms. The Hall–Kier alpha value is -1.10. The van der Waals surface area contributed by atoms with Gasteiger partial charge in [-0.3, -0.25) is 9.59 Å². The Labute approximate surface area is 101 Å². The number of hydrogen-bond donors (Lipinski definition) is 1. The molecule has 1 amide bonds. The number of carboxylic acids is 1. The van der Waals surface area contributed by atoms with E-state index in [2.05, 4.69) is 0 Å². The van der Waals surface area contributed by atoms with E-state index in [4.69, 9.17) is 9.84 Å². The van der Waals surface area contributed by atoms with Gasteiger partial charge in [0.1, 0.15) is 6.10 Å². The van der Waals surface area contributed by atoms with Crippen LogP contribution < -0.4 is 0 Å². The topological polar surface area (TPSA) is 66.8 Å². The summed E-state index contributed by atoms with van der Waals surface area (Å²) in [4.78, 5) is 24.9. The standard InChI is InChI=1S/C12H19NO4/c1-12(11(15)16)4-6-13(7-5-12)10(14)9-3-2-8-17-9/h9H,2-8H2,1H3,(H,15,16)/t9-/m0/s1. The molecular formula is C12H19NO4. The lowest BCUT2D eigenvalue weighted by atomic mass is 9.80. The molecule has 2 fully saturated rings. The lowest BCUT2D eigenvalue weighted by Crippen LogP contribution is -2.48. The number of likely N-dealkylation sites (tertiary alicyclic amines) is 1. The largest absolute Gasteiger partial charge is 0.481 e. The maximum atomic E-state index is 12.0. The molecule has 96 valence electrons. The second-order valence-electron chi connectivity index (χ2n) is 5.19. The summed E-state index contributed by atoms with van der Waals surface area (Å²) in [5.74, 6) is -0.725. The van der Waals surface area contributed by atoms with E-state index in [-0.39, 0.29) is 12.0 Å². The van der Waals surface area contributed by atoms with Gasteiger partial charge in [0.2, 0.25) is 0 Å². The van der Waals surface area contributed by atoms with Gasteiger partial charge in [0, 0.05) is 19.7 Å². The number of nitrogens with zero attached hydrogens (tertiary/aromatic N) is 1. The average Bonchev–Trinajstić information content (AvgIpc) is 2.82. The summed E-state index contributed by atoms with van der Waals surface area (Å²) in [7, 11) is 0. The third-order valence-corrected chi connectivity index (χ3v) is 3.90. The number of carbonyl (C=O) groups is 2. The first-order valence-electron chi connectivity index (χ1n) is 6.17. The molecule has 0 aromatic rings. The van der Waals surface area contributed by atoms with Crippen LogP contribution in [0.4, 0.5) is 0 Å². The van der Waals surface area contributed by atoms with Gasteiger partial charge < -0.3 is 14.7 Å². The minimum absolute atomic E-state index is 0.0370. The average molecular weight is 241 g/mol. The number of hydrogen-bond acceptors (Lipinski definition) is 3. The Bertz CT molecular complexity index is 314. The van der Waals surface area contributed by atoms with Crippen molar-refractivity contribution in [2.45, 2.75) is 38.7 Å². The zero-order chi connectivity index (χ0) is 12.5. The molecule has 0 unspecified atom stereocenters. The molecule has 0 aliphatic carbocycles. The van der Waals surface area contributed by atoms with Crippen LogP contribution in [0.5, 0.6) is 0 Å². The minimum Gasteiger partial charge on any atom is -0.481 e. The van der Waals surface area contributed by atoms with E-state index in [1.165, 1.54) is 0 Å². The number of carboxylic acid groups (broad SMARTS) is 1. The Morgan fingerprint density at radius 2 is 2.00 bits per heavy atom. The molecule has 5 nitrogen and oxygen atoms in total. The van der Waals surface area contributed by atoms with Crippen molar-refractivity contribution in [1.29, 1.82) is 0 Å². The summed E-state index contributed by atoms with van der Waals surface area (Å²) in [5.41, 5.74) is -0.673. The van der Waals surface area contributed by atoms with Gasteiger partial charge in [-0.25, -0.2) is 0 Å². The highest BCUT2D eigenvalue weighted by atomic mass is 16.5. The maximum absolute atomic E-state index is 12.0. The minimum atomic E-state index is -0.762. The SMILES string of the molecule is CC1(C(=O)O)CCN(C(=O)[C@@H]2CCCO2)CC1. The number of ether oxygens (including phenoxy) is 1. The van der Waals surface area contributed by atoms with E-state index in [0.29, 0.717) is 32.5 Å². The second kappa shape index (κ2) is 4.64. The Balaban J connectivity index is 1.90. The summed E-state index contributed by atoms with van der Waals surface area (Å²) in [5, 5.41) is 9.11. The molecule has 1 N–H and O–H groups in total. The van der Waals surface area contributed by atoms with Crippen molar-refractivity contribution in [3.8, 4) is 0 Å². The number of piperidine rings is 1. The van der Waals surface area contributed by atoms with Crippen LogP contribution in [0.3, 0.4) is 0 Å². The predicted octanol–water partition coefficient (Wildman–Crippen LogP) is 0.879. The Morgan fingerprint density at radius 1 is 1.35 bits per heavy atom. The zero-order valence-electron chi connectivity index (χ0n) is 10.1. The Morgan fingerprint density at radius 3 is 2.47 bits per heavy atom. The third kappa shape index (κ3) is 2.44. The number of amides is 1. The number of aliphatic carboxylic acids is 1. The van der Waals surface area contributed by atoms with Crippen molar-refractivity contribution in [2.75, 3.05) is 19.7 Å². The van der Waals surface area contributed by atoms with E-state index in [1.54, 1.807) is 11.8 Å². The first kappa shape index (κ1) is 12.4. The summed E-state index contributed by atoms with van der Waals surface area (Å²) in [6, 6.07) is 0. The van der Waals surface area contributed by atoms with Crippen LogP contribution in [0, 0.1) is 5.41 Å². The van der Waals surface area contributed by atoms with Crippen LogP contribution in [-0.4, -0.2) is 47.7 Å². The lowest BCUT2D eigenvalue weighted by Gasteiger charge is -2.37. The van der Waals surface area contributed by atoms with E-state index >= 15 is 0 Å². The zero-order valence-corrected chi connectivity index (χ0v) is 10.1. The van der Waals surface area contributed by atoms with Crippen LogP contribution in [0.25, 0.3) is 0 Å². The van der Waals surface area contributed by atoms with Crippen LogP contribution in [0.1, 0.15) is 32.6 Å². The molecule has 0 radical (unpaired) electrons. The van der Waals surface area contributed by atoms with Crippen LogP contribution in [-0.2, 0) is 14.3 Å². The molecular weight excluding hydrogens is 222 g/mol. The highest BCUT2D eigenvalue weighted by molar-refractivity contribution is 5.82. The van der Waals surface area contributed by atoms with E-state index in [1.807, 2.05) is 0 Å². The van der Waals surface area contributed by atoms with Crippen molar-refractivity contribution in [3.05, 3.63) is 0 Å². The molecule has 0 aromatic carbocycles. The third-order valence-electron chi connectivity index (χ3n) is 3.90. The fourth-order valence-corrected chi connectivity index (χ4v) is 2.41. The van der Waals surface area contributed by atoms with Crippen molar-refractivity contribution >= 4 is 11.9 Å². The van der Waals surface area contributed by atoms with Gasteiger partial charge in [-0.05, 0) is 32.6 Å². The molecule has 0 saturated carbocycles. The van der Waals surface area contributed by atoms with E-state index < -0.39 is 11.4 Å². The molecule has 2 aliphatic heterocycles. The Kier molecular flexibility index (Phi) is 3.38. The molecule has 2 rings (SSSR count). The fourth-order valence-electron chi connectivity index (χ4n) is 2.41. The monoisotopic (exact) mass is 241 g/mol. The smallest absolute Gasteiger partial charge is 0.309 e. The molecule has 2 aliphatic rings.